The van der Waals surface area contributed by atoms with Gasteiger partial charge in [-0.3, -0.25) is 0 Å². The number of benzene rings is 1. The minimum Gasteiger partial charge on any atom is -0.0847 e. The van der Waals surface area contributed by atoms with Crippen molar-refractivity contribution in [1.29, 1.82) is 0 Å². The third-order valence-electron chi connectivity index (χ3n) is 5.05. The Morgan fingerprint density at radius 1 is 0.962 bits per heavy atom. The van der Waals surface area contributed by atoms with E-state index in [2.05, 4.69) is 70.2 Å². The van der Waals surface area contributed by atoms with Gasteiger partial charge in [-0.15, -0.1) is 0 Å². The molecule has 1 aliphatic carbocycles. The quantitative estimate of drug-likeness (QED) is 0.470. The molecule has 1 atom stereocenters. The fourth-order valence-corrected chi connectivity index (χ4v) is 3.17. The molecule has 0 bridgehead atoms. The highest BCUT2D eigenvalue weighted by Crippen LogP contribution is 2.35. The maximum Gasteiger partial charge on any atom is -0.000722 e. The molecule has 1 aliphatic rings. The Hall–Kier alpha value is -1.30. The number of allylic oxidation sites excluding steroid dienone is 4. The second-order valence-electron chi connectivity index (χ2n) is 6.80. The fourth-order valence-electron chi connectivity index (χ4n) is 3.17. The van der Waals surface area contributed by atoms with Gasteiger partial charge in [0.05, 0.1) is 0 Å². The SMILES string of the molecule is C.C/C=C(C)\C=C/C(C)c1ccc(C2CCC(C)CC2)cc1.CC.CC. The van der Waals surface area contributed by atoms with Gasteiger partial charge in [0, 0.05) is 0 Å². The maximum absolute atomic E-state index is 2.39. The van der Waals surface area contributed by atoms with Gasteiger partial charge in [-0.1, -0.05) is 110 Å². The third-order valence-corrected chi connectivity index (χ3v) is 5.05. The average Bonchev–Trinajstić information content (AvgIpc) is 2.69. The first-order chi connectivity index (χ1) is 12.1. The van der Waals surface area contributed by atoms with Gasteiger partial charge in [-0.25, -0.2) is 0 Å². The van der Waals surface area contributed by atoms with Crippen LogP contribution in [0.1, 0.15) is 111 Å². The molecule has 0 aromatic heterocycles. The molecule has 2 rings (SSSR count). The van der Waals surface area contributed by atoms with Crippen molar-refractivity contribution < 1.29 is 0 Å². The molecule has 26 heavy (non-hydrogen) atoms. The lowest BCUT2D eigenvalue weighted by atomic mass is 9.79. The van der Waals surface area contributed by atoms with Crippen molar-refractivity contribution in [1.82, 2.24) is 0 Å². The van der Waals surface area contributed by atoms with Gasteiger partial charge in [0.2, 0.25) is 0 Å². The molecule has 0 aliphatic heterocycles. The third kappa shape index (κ3) is 9.41. The summed E-state index contributed by atoms with van der Waals surface area (Å²) in [6, 6.07) is 9.38. The van der Waals surface area contributed by atoms with Crippen LogP contribution in [0.3, 0.4) is 0 Å². The molecule has 150 valence electrons. The highest BCUT2D eigenvalue weighted by molar-refractivity contribution is 5.31. The van der Waals surface area contributed by atoms with Crippen molar-refractivity contribution in [3.63, 3.8) is 0 Å². The van der Waals surface area contributed by atoms with Gasteiger partial charge in [0.15, 0.2) is 0 Å². The van der Waals surface area contributed by atoms with E-state index in [1.807, 2.05) is 27.7 Å². The van der Waals surface area contributed by atoms with E-state index in [0.29, 0.717) is 5.92 Å². The molecule has 0 heteroatoms. The van der Waals surface area contributed by atoms with E-state index in [4.69, 9.17) is 0 Å². The summed E-state index contributed by atoms with van der Waals surface area (Å²) in [5.41, 5.74) is 4.30. The van der Waals surface area contributed by atoms with Gasteiger partial charge in [-0.2, -0.15) is 0 Å². The Balaban J connectivity index is 0. The molecule has 1 unspecified atom stereocenters. The lowest BCUT2D eigenvalue weighted by molar-refractivity contribution is 0.348. The molecule has 1 fully saturated rings. The predicted molar refractivity (Wildman–Crippen MR) is 123 cm³/mol. The normalized spacial score (nSPS) is 20.8. The lowest BCUT2D eigenvalue weighted by Crippen LogP contribution is -2.10. The first-order valence-corrected chi connectivity index (χ1v) is 10.5. The van der Waals surface area contributed by atoms with Gasteiger partial charge in [-0.05, 0) is 55.6 Å². The lowest BCUT2D eigenvalue weighted by Gasteiger charge is -2.26. The van der Waals surface area contributed by atoms with Crippen molar-refractivity contribution in [3.05, 3.63) is 59.2 Å². The molecule has 0 radical (unpaired) electrons. The Morgan fingerprint density at radius 3 is 1.92 bits per heavy atom. The standard InChI is InChI=1S/C21H30.2C2H6.CH4/c1-5-16(2)6-9-18(4)19-12-14-21(15-13-19)20-10-7-17(3)8-11-20;2*1-2;/h5-6,9,12-15,17-18,20H,7-8,10-11H2,1-4H3;2*1-2H3;1H4/b9-6-,16-5-;;;. The molecular weight excluding hydrogens is 312 g/mol. The molecule has 1 aromatic carbocycles. The second-order valence-corrected chi connectivity index (χ2v) is 6.80. The zero-order chi connectivity index (χ0) is 19.2. The van der Waals surface area contributed by atoms with E-state index in [1.54, 1.807) is 5.56 Å². The number of hydrogen-bond acceptors (Lipinski definition) is 0. The van der Waals surface area contributed by atoms with Crippen molar-refractivity contribution >= 4 is 0 Å². The highest BCUT2D eigenvalue weighted by atomic mass is 14.2. The van der Waals surface area contributed by atoms with Crippen LogP contribution >= 0.6 is 0 Å². The molecule has 0 N–H and O–H groups in total. The Labute approximate surface area is 165 Å². The minimum absolute atomic E-state index is 0. The Kier molecular flexibility index (Phi) is 16.5. The number of rotatable bonds is 4. The predicted octanol–water partition coefficient (Wildman–Crippen LogP) is 9.29. The van der Waals surface area contributed by atoms with Crippen LogP contribution in [0.5, 0.6) is 0 Å². The molecule has 0 saturated heterocycles. The van der Waals surface area contributed by atoms with E-state index in [1.165, 1.54) is 36.8 Å². The summed E-state index contributed by atoms with van der Waals surface area (Å²) in [5.74, 6) is 2.22. The molecule has 0 amide bonds. The second kappa shape index (κ2) is 15.9. The zero-order valence-corrected chi connectivity index (χ0v) is 18.1. The molecule has 1 aromatic rings. The van der Waals surface area contributed by atoms with Crippen LogP contribution in [-0.4, -0.2) is 0 Å². The Bertz CT molecular complexity index is 481. The maximum atomic E-state index is 2.39. The first-order valence-electron chi connectivity index (χ1n) is 10.5. The van der Waals surface area contributed by atoms with Crippen molar-refractivity contribution in [2.24, 2.45) is 5.92 Å². The van der Waals surface area contributed by atoms with Crippen LogP contribution < -0.4 is 0 Å². The van der Waals surface area contributed by atoms with E-state index in [9.17, 15) is 0 Å². The van der Waals surface area contributed by atoms with Crippen LogP contribution in [0, 0.1) is 5.92 Å². The van der Waals surface area contributed by atoms with Crippen LogP contribution in [0.2, 0.25) is 0 Å². The number of hydrogen-bond donors (Lipinski definition) is 0. The average molecular weight is 359 g/mol. The summed E-state index contributed by atoms with van der Waals surface area (Å²) in [5, 5.41) is 0. The van der Waals surface area contributed by atoms with Gasteiger partial charge in [0.1, 0.15) is 0 Å². The van der Waals surface area contributed by atoms with Crippen molar-refractivity contribution in [2.75, 3.05) is 0 Å². The summed E-state index contributed by atoms with van der Waals surface area (Å²) in [6.45, 7) is 16.9. The monoisotopic (exact) mass is 358 g/mol. The van der Waals surface area contributed by atoms with Gasteiger partial charge >= 0.3 is 0 Å². The largest absolute Gasteiger partial charge is 0.0847 e. The van der Waals surface area contributed by atoms with E-state index < -0.39 is 0 Å². The summed E-state index contributed by atoms with van der Waals surface area (Å²) < 4.78 is 0. The summed E-state index contributed by atoms with van der Waals surface area (Å²) in [6.07, 6.45) is 12.2. The van der Waals surface area contributed by atoms with Crippen LogP contribution in [0.4, 0.5) is 0 Å². The van der Waals surface area contributed by atoms with Crippen LogP contribution in [0.15, 0.2) is 48.1 Å². The summed E-state index contributed by atoms with van der Waals surface area (Å²) >= 11 is 0. The smallest absolute Gasteiger partial charge is 0.000722 e. The van der Waals surface area contributed by atoms with E-state index >= 15 is 0 Å². The zero-order valence-electron chi connectivity index (χ0n) is 18.1. The van der Waals surface area contributed by atoms with E-state index in [0.717, 1.165) is 11.8 Å². The molecule has 0 nitrogen and oxygen atoms in total. The van der Waals surface area contributed by atoms with Gasteiger partial charge in [0.25, 0.3) is 0 Å². The first kappa shape index (κ1) is 26.9. The van der Waals surface area contributed by atoms with Crippen molar-refractivity contribution in [2.45, 2.75) is 100 Å². The van der Waals surface area contributed by atoms with Gasteiger partial charge < -0.3 is 0 Å². The van der Waals surface area contributed by atoms with E-state index in [-0.39, 0.29) is 7.43 Å². The summed E-state index contributed by atoms with van der Waals surface area (Å²) in [7, 11) is 0. The molecular formula is C26H46. The van der Waals surface area contributed by atoms with Crippen molar-refractivity contribution in [3.8, 4) is 0 Å². The minimum atomic E-state index is 0. The fraction of sp³-hybridized carbons (Fsp3) is 0.615. The van der Waals surface area contributed by atoms with Crippen LogP contribution in [0.25, 0.3) is 0 Å². The summed E-state index contributed by atoms with van der Waals surface area (Å²) in [4.78, 5) is 0. The molecule has 0 spiro atoms. The topological polar surface area (TPSA) is 0 Å². The molecule has 0 heterocycles. The van der Waals surface area contributed by atoms with Crippen LogP contribution in [-0.2, 0) is 0 Å². The highest BCUT2D eigenvalue weighted by Gasteiger charge is 2.19. The molecule has 1 saturated carbocycles. The Morgan fingerprint density at radius 2 is 1.46 bits per heavy atom.